The SMILES string of the molecule is CNCc1cc(OC)c(OCc2nonc2C)c(OC)c1. The summed E-state index contributed by atoms with van der Waals surface area (Å²) in [6.45, 7) is 2.74. The predicted molar refractivity (Wildman–Crippen MR) is 75.7 cm³/mol. The summed E-state index contributed by atoms with van der Waals surface area (Å²) in [5, 5.41) is 10.6. The van der Waals surface area contributed by atoms with Crippen LogP contribution in [0.2, 0.25) is 0 Å². The van der Waals surface area contributed by atoms with Crippen LogP contribution < -0.4 is 19.5 Å². The van der Waals surface area contributed by atoms with E-state index >= 15 is 0 Å². The highest BCUT2D eigenvalue weighted by Crippen LogP contribution is 2.39. The van der Waals surface area contributed by atoms with Gasteiger partial charge >= 0.3 is 0 Å². The molecular weight excluding hydrogens is 274 g/mol. The molecule has 0 aliphatic heterocycles. The zero-order valence-electron chi connectivity index (χ0n) is 12.6. The van der Waals surface area contributed by atoms with Gasteiger partial charge in [-0.15, -0.1) is 0 Å². The first kappa shape index (κ1) is 15.1. The van der Waals surface area contributed by atoms with E-state index < -0.39 is 0 Å². The molecule has 1 N–H and O–H groups in total. The number of aryl methyl sites for hydroxylation is 1. The van der Waals surface area contributed by atoms with Gasteiger partial charge in [-0.05, 0) is 31.7 Å². The molecule has 0 atom stereocenters. The quantitative estimate of drug-likeness (QED) is 0.832. The Hall–Kier alpha value is -2.28. The van der Waals surface area contributed by atoms with Gasteiger partial charge in [0.2, 0.25) is 5.75 Å². The molecule has 7 nitrogen and oxygen atoms in total. The number of nitrogens with one attached hydrogen (secondary N) is 1. The third-order valence-corrected chi connectivity index (χ3v) is 3.00. The standard InChI is InChI=1S/C14H19N3O4/c1-9-11(17-21-16-9)8-20-14-12(18-3)5-10(7-15-2)6-13(14)19-4/h5-6,15H,7-8H2,1-4H3. The summed E-state index contributed by atoms with van der Waals surface area (Å²) in [6.07, 6.45) is 0. The van der Waals surface area contributed by atoms with Crippen LogP contribution in [0.15, 0.2) is 16.8 Å². The fourth-order valence-corrected chi connectivity index (χ4v) is 1.90. The van der Waals surface area contributed by atoms with Crippen molar-refractivity contribution in [1.82, 2.24) is 15.6 Å². The van der Waals surface area contributed by atoms with Crippen LogP contribution in [-0.4, -0.2) is 31.6 Å². The van der Waals surface area contributed by atoms with Gasteiger partial charge in [-0.2, -0.15) is 0 Å². The molecule has 0 radical (unpaired) electrons. The smallest absolute Gasteiger partial charge is 0.203 e. The van der Waals surface area contributed by atoms with Crippen LogP contribution in [0.1, 0.15) is 17.0 Å². The number of ether oxygens (including phenoxy) is 3. The molecule has 0 saturated heterocycles. The maximum Gasteiger partial charge on any atom is 0.203 e. The van der Waals surface area contributed by atoms with Gasteiger partial charge in [-0.3, -0.25) is 0 Å². The van der Waals surface area contributed by atoms with E-state index in [9.17, 15) is 0 Å². The highest BCUT2D eigenvalue weighted by molar-refractivity contribution is 5.53. The molecule has 2 rings (SSSR count). The minimum atomic E-state index is 0.230. The van der Waals surface area contributed by atoms with E-state index in [2.05, 4.69) is 20.3 Å². The largest absolute Gasteiger partial charge is 0.493 e. The zero-order chi connectivity index (χ0) is 15.2. The average molecular weight is 293 g/mol. The van der Waals surface area contributed by atoms with Crippen LogP contribution in [0.5, 0.6) is 17.2 Å². The summed E-state index contributed by atoms with van der Waals surface area (Å²) in [4.78, 5) is 0. The summed E-state index contributed by atoms with van der Waals surface area (Å²) < 4.78 is 21.2. The Morgan fingerprint density at radius 3 is 2.29 bits per heavy atom. The van der Waals surface area contributed by atoms with Crippen LogP contribution >= 0.6 is 0 Å². The first-order valence-electron chi connectivity index (χ1n) is 6.50. The Balaban J connectivity index is 2.26. The molecule has 0 unspecified atom stereocenters. The lowest BCUT2D eigenvalue weighted by Crippen LogP contribution is -2.07. The van der Waals surface area contributed by atoms with Crippen molar-refractivity contribution in [2.75, 3.05) is 21.3 Å². The monoisotopic (exact) mass is 293 g/mol. The van der Waals surface area contributed by atoms with Crippen LogP contribution in [0.25, 0.3) is 0 Å². The van der Waals surface area contributed by atoms with E-state index in [1.165, 1.54) is 0 Å². The Bertz CT molecular complexity index is 573. The third-order valence-electron chi connectivity index (χ3n) is 3.00. The fourth-order valence-electron chi connectivity index (χ4n) is 1.90. The first-order valence-corrected chi connectivity index (χ1v) is 6.50. The normalized spacial score (nSPS) is 10.5. The Labute approximate surface area is 123 Å². The Morgan fingerprint density at radius 2 is 1.81 bits per heavy atom. The van der Waals surface area contributed by atoms with E-state index in [0.717, 1.165) is 5.56 Å². The van der Waals surface area contributed by atoms with Crippen molar-refractivity contribution in [2.24, 2.45) is 0 Å². The molecule has 0 bridgehead atoms. The van der Waals surface area contributed by atoms with Crippen molar-refractivity contribution in [3.63, 3.8) is 0 Å². The highest BCUT2D eigenvalue weighted by Gasteiger charge is 2.16. The predicted octanol–water partition coefficient (Wildman–Crippen LogP) is 1.69. The number of aromatic nitrogens is 2. The van der Waals surface area contributed by atoms with Crippen molar-refractivity contribution in [2.45, 2.75) is 20.1 Å². The molecule has 114 valence electrons. The maximum atomic E-state index is 5.78. The molecular formula is C14H19N3O4. The molecule has 1 aromatic heterocycles. The summed E-state index contributed by atoms with van der Waals surface area (Å²) in [7, 11) is 5.06. The molecule has 0 spiro atoms. The number of benzene rings is 1. The van der Waals surface area contributed by atoms with Crippen molar-refractivity contribution in [1.29, 1.82) is 0 Å². The topological polar surface area (TPSA) is 78.6 Å². The molecule has 0 fully saturated rings. The third kappa shape index (κ3) is 3.43. The average Bonchev–Trinajstić information content (AvgIpc) is 2.90. The van der Waals surface area contributed by atoms with E-state index in [1.807, 2.05) is 19.2 Å². The lowest BCUT2D eigenvalue weighted by Gasteiger charge is -2.15. The first-order chi connectivity index (χ1) is 10.2. The zero-order valence-corrected chi connectivity index (χ0v) is 12.6. The number of rotatable bonds is 7. The van der Waals surface area contributed by atoms with Gasteiger partial charge in [0.25, 0.3) is 0 Å². The lowest BCUT2D eigenvalue weighted by molar-refractivity contribution is 0.249. The van der Waals surface area contributed by atoms with E-state index in [-0.39, 0.29) is 6.61 Å². The lowest BCUT2D eigenvalue weighted by atomic mass is 10.2. The summed E-state index contributed by atoms with van der Waals surface area (Å²) in [6, 6.07) is 3.81. The minimum absolute atomic E-state index is 0.230. The van der Waals surface area contributed by atoms with E-state index in [4.69, 9.17) is 14.2 Å². The van der Waals surface area contributed by atoms with Gasteiger partial charge in [0.15, 0.2) is 11.5 Å². The van der Waals surface area contributed by atoms with Crippen LogP contribution in [0, 0.1) is 6.92 Å². The number of hydrogen-bond acceptors (Lipinski definition) is 7. The summed E-state index contributed by atoms with van der Waals surface area (Å²) >= 11 is 0. The van der Waals surface area contributed by atoms with Gasteiger partial charge in [-0.25, -0.2) is 4.63 Å². The maximum absolute atomic E-state index is 5.78. The molecule has 0 amide bonds. The van der Waals surface area contributed by atoms with Gasteiger partial charge in [-0.1, -0.05) is 10.3 Å². The highest BCUT2D eigenvalue weighted by atomic mass is 16.6. The molecule has 0 saturated carbocycles. The van der Waals surface area contributed by atoms with Crippen molar-refractivity contribution < 1.29 is 18.8 Å². The van der Waals surface area contributed by atoms with Crippen molar-refractivity contribution in [3.8, 4) is 17.2 Å². The fraction of sp³-hybridized carbons (Fsp3) is 0.429. The van der Waals surface area contributed by atoms with E-state index in [0.29, 0.717) is 35.2 Å². The van der Waals surface area contributed by atoms with Gasteiger partial charge in [0, 0.05) is 6.54 Å². The Kier molecular flexibility index (Phi) is 4.99. The summed E-state index contributed by atoms with van der Waals surface area (Å²) in [5.74, 6) is 1.74. The molecule has 1 aromatic carbocycles. The van der Waals surface area contributed by atoms with Crippen LogP contribution in [0.3, 0.4) is 0 Å². The second-order valence-corrected chi connectivity index (χ2v) is 4.44. The molecule has 21 heavy (non-hydrogen) atoms. The molecule has 0 aliphatic carbocycles. The van der Waals surface area contributed by atoms with Gasteiger partial charge in [0.05, 0.1) is 14.2 Å². The second kappa shape index (κ2) is 6.94. The molecule has 1 heterocycles. The molecule has 2 aromatic rings. The van der Waals surface area contributed by atoms with E-state index in [1.54, 1.807) is 21.1 Å². The molecule has 0 aliphatic rings. The van der Waals surface area contributed by atoms with Gasteiger partial charge < -0.3 is 19.5 Å². The van der Waals surface area contributed by atoms with Gasteiger partial charge in [0.1, 0.15) is 18.0 Å². The number of hydrogen-bond donors (Lipinski definition) is 1. The van der Waals surface area contributed by atoms with Crippen LogP contribution in [-0.2, 0) is 13.2 Å². The summed E-state index contributed by atoms with van der Waals surface area (Å²) in [5.41, 5.74) is 2.37. The second-order valence-electron chi connectivity index (χ2n) is 4.44. The van der Waals surface area contributed by atoms with Crippen molar-refractivity contribution >= 4 is 0 Å². The number of methoxy groups -OCH3 is 2. The minimum Gasteiger partial charge on any atom is -0.493 e. The molecule has 7 heteroatoms. The number of nitrogens with zero attached hydrogens (tertiary/aromatic N) is 2. The van der Waals surface area contributed by atoms with Crippen LogP contribution in [0.4, 0.5) is 0 Å². The Morgan fingerprint density at radius 1 is 1.14 bits per heavy atom. The van der Waals surface area contributed by atoms with Crippen molar-refractivity contribution in [3.05, 3.63) is 29.1 Å².